The summed E-state index contributed by atoms with van der Waals surface area (Å²) in [5.74, 6) is 7.25. The van der Waals surface area contributed by atoms with Crippen LogP contribution in [-0.2, 0) is 4.74 Å². The van der Waals surface area contributed by atoms with Gasteiger partial charge in [-0.05, 0) is 34.4 Å². The Morgan fingerprint density at radius 3 is 2.21 bits per heavy atom. The van der Waals surface area contributed by atoms with Crippen LogP contribution in [0.3, 0.4) is 0 Å². The van der Waals surface area contributed by atoms with Gasteiger partial charge in [-0.15, -0.1) is 0 Å². The van der Waals surface area contributed by atoms with Crippen LogP contribution in [0.2, 0.25) is 0 Å². The molecule has 0 atom stereocenters. The van der Waals surface area contributed by atoms with Gasteiger partial charge in [0, 0.05) is 35.2 Å². The summed E-state index contributed by atoms with van der Waals surface area (Å²) in [5, 5.41) is 4.90. The molecular formula is C30H25NO3. The Kier molecular flexibility index (Phi) is 6.18. The van der Waals surface area contributed by atoms with Gasteiger partial charge >= 0.3 is 6.09 Å². The molecule has 0 heterocycles. The first-order valence-electron chi connectivity index (χ1n) is 11.4. The number of carbonyl (C=O) groups excluding carboxylic acids is 1. The Bertz CT molecular complexity index is 1370. The highest BCUT2D eigenvalue weighted by Crippen LogP contribution is 2.44. The zero-order valence-electron chi connectivity index (χ0n) is 19.0. The van der Waals surface area contributed by atoms with Gasteiger partial charge in [0.2, 0.25) is 0 Å². The van der Waals surface area contributed by atoms with Crippen molar-refractivity contribution in [2.75, 3.05) is 20.3 Å². The van der Waals surface area contributed by atoms with Crippen LogP contribution >= 0.6 is 0 Å². The molecule has 1 N–H and O–H groups in total. The largest absolute Gasteiger partial charge is 0.496 e. The first kappa shape index (κ1) is 21.6. The van der Waals surface area contributed by atoms with E-state index in [0.717, 1.165) is 22.1 Å². The van der Waals surface area contributed by atoms with Gasteiger partial charge < -0.3 is 14.8 Å². The van der Waals surface area contributed by atoms with Crippen molar-refractivity contribution in [2.45, 2.75) is 12.3 Å². The van der Waals surface area contributed by atoms with E-state index in [-0.39, 0.29) is 5.92 Å². The summed E-state index contributed by atoms with van der Waals surface area (Å²) < 4.78 is 11.0. The lowest BCUT2D eigenvalue weighted by atomic mass is 9.98. The van der Waals surface area contributed by atoms with Gasteiger partial charge in [-0.25, -0.2) is 4.79 Å². The maximum atomic E-state index is 12.3. The number of alkyl carbamates (subject to hydrolysis) is 1. The molecule has 4 heteroatoms. The highest BCUT2D eigenvalue weighted by Gasteiger charge is 2.28. The molecule has 34 heavy (non-hydrogen) atoms. The minimum absolute atomic E-state index is 0.0568. The number of methoxy groups -OCH3 is 1. The number of benzene rings is 4. The second kappa shape index (κ2) is 9.72. The van der Waals surface area contributed by atoms with E-state index in [1.54, 1.807) is 7.11 Å². The van der Waals surface area contributed by atoms with E-state index in [4.69, 9.17) is 9.47 Å². The lowest BCUT2D eigenvalue weighted by Crippen LogP contribution is -2.26. The van der Waals surface area contributed by atoms with Crippen molar-refractivity contribution in [3.8, 4) is 28.7 Å². The molecule has 5 rings (SSSR count). The standard InChI is InChI=1S/C30H25NO3/c1-33-29-18-17-21(22-11-2-7-16-27(22)29)10-8-9-19-31-30(32)34-20-28-25-14-5-3-12-23(25)24-13-4-6-15-26(24)28/h2-7,11-18,28H,9,19-20H2,1H3,(H,31,32). The van der Waals surface area contributed by atoms with Crippen LogP contribution in [0.1, 0.15) is 29.0 Å². The van der Waals surface area contributed by atoms with Gasteiger partial charge in [0.25, 0.3) is 0 Å². The van der Waals surface area contributed by atoms with Crippen LogP contribution < -0.4 is 10.1 Å². The smallest absolute Gasteiger partial charge is 0.407 e. The fourth-order valence-electron chi connectivity index (χ4n) is 4.59. The third-order valence-corrected chi connectivity index (χ3v) is 6.19. The molecule has 0 saturated heterocycles. The average molecular weight is 448 g/mol. The molecule has 0 aromatic heterocycles. The summed E-state index contributed by atoms with van der Waals surface area (Å²) in [6.07, 6.45) is 0.114. The van der Waals surface area contributed by atoms with Crippen LogP contribution in [0.15, 0.2) is 84.9 Å². The van der Waals surface area contributed by atoms with Gasteiger partial charge in [0.1, 0.15) is 12.4 Å². The van der Waals surface area contributed by atoms with Crippen LogP contribution in [-0.4, -0.2) is 26.4 Å². The summed E-state index contributed by atoms with van der Waals surface area (Å²) >= 11 is 0. The van der Waals surface area contributed by atoms with Crippen LogP contribution in [0.4, 0.5) is 4.79 Å². The van der Waals surface area contributed by atoms with Crippen molar-refractivity contribution in [2.24, 2.45) is 0 Å². The summed E-state index contributed by atoms with van der Waals surface area (Å²) in [4.78, 5) is 12.3. The second-order valence-electron chi connectivity index (χ2n) is 8.17. The fourth-order valence-corrected chi connectivity index (χ4v) is 4.59. The molecule has 1 aliphatic carbocycles. The molecule has 0 radical (unpaired) electrons. The van der Waals surface area contributed by atoms with Gasteiger partial charge in [-0.2, -0.15) is 0 Å². The van der Waals surface area contributed by atoms with Crippen molar-refractivity contribution < 1.29 is 14.3 Å². The molecule has 0 unspecified atom stereocenters. The molecule has 0 spiro atoms. The van der Waals surface area contributed by atoms with E-state index >= 15 is 0 Å². The number of hydrogen-bond donors (Lipinski definition) is 1. The van der Waals surface area contributed by atoms with Crippen molar-refractivity contribution in [1.82, 2.24) is 5.32 Å². The van der Waals surface area contributed by atoms with Crippen LogP contribution in [0.25, 0.3) is 21.9 Å². The highest BCUT2D eigenvalue weighted by molar-refractivity contribution is 5.93. The first-order chi connectivity index (χ1) is 16.8. The second-order valence-corrected chi connectivity index (χ2v) is 8.17. The van der Waals surface area contributed by atoms with Crippen molar-refractivity contribution in [1.29, 1.82) is 0 Å². The molecule has 4 aromatic carbocycles. The predicted octanol–water partition coefficient (Wildman–Crippen LogP) is 6.13. The maximum Gasteiger partial charge on any atom is 0.407 e. The van der Waals surface area contributed by atoms with E-state index in [1.165, 1.54) is 22.3 Å². The molecule has 168 valence electrons. The molecule has 4 nitrogen and oxygen atoms in total. The summed E-state index contributed by atoms with van der Waals surface area (Å²) in [6, 6.07) is 28.6. The number of rotatable bonds is 5. The molecule has 4 aromatic rings. The molecule has 1 aliphatic rings. The normalized spacial score (nSPS) is 11.8. The third-order valence-electron chi connectivity index (χ3n) is 6.19. The zero-order chi connectivity index (χ0) is 23.3. The van der Waals surface area contributed by atoms with E-state index in [0.29, 0.717) is 19.6 Å². The Labute approximate surface area is 199 Å². The van der Waals surface area contributed by atoms with E-state index in [1.807, 2.05) is 60.7 Å². The predicted molar refractivity (Wildman–Crippen MR) is 135 cm³/mol. The Morgan fingerprint density at radius 2 is 1.50 bits per heavy atom. The lowest BCUT2D eigenvalue weighted by molar-refractivity contribution is 0.143. The van der Waals surface area contributed by atoms with Crippen LogP contribution in [0, 0.1) is 11.8 Å². The van der Waals surface area contributed by atoms with Crippen molar-refractivity contribution >= 4 is 16.9 Å². The zero-order valence-corrected chi connectivity index (χ0v) is 19.0. The van der Waals surface area contributed by atoms with E-state index in [2.05, 4.69) is 41.4 Å². The minimum atomic E-state index is -0.418. The topological polar surface area (TPSA) is 47.6 Å². The summed E-state index contributed by atoms with van der Waals surface area (Å²) in [6.45, 7) is 0.737. The van der Waals surface area contributed by atoms with Gasteiger partial charge in [0.15, 0.2) is 0 Å². The number of carbonyl (C=O) groups is 1. The summed E-state index contributed by atoms with van der Waals surface area (Å²) in [7, 11) is 1.67. The van der Waals surface area contributed by atoms with Gasteiger partial charge in [-0.1, -0.05) is 84.6 Å². The Hall–Kier alpha value is -4.23. The number of amides is 1. The summed E-state index contributed by atoms with van der Waals surface area (Å²) in [5.41, 5.74) is 5.78. The van der Waals surface area contributed by atoms with Crippen molar-refractivity contribution in [3.63, 3.8) is 0 Å². The molecule has 0 aliphatic heterocycles. The number of nitrogens with one attached hydrogen (secondary N) is 1. The van der Waals surface area contributed by atoms with Crippen molar-refractivity contribution in [3.05, 3.63) is 102 Å². The minimum Gasteiger partial charge on any atom is -0.496 e. The molecular weight excluding hydrogens is 422 g/mol. The lowest BCUT2D eigenvalue weighted by Gasteiger charge is -2.14. The third kappa shape index (κ3) is 4.21. The van der Waals surface area contributed by atoms with Gasteiger partial charge in [0.05, 0.1) is 7.11 Å². The Balaban J connectivity index is 1.16. The van der Waals surface area contributed by atoms with Gasteiger partial charge in [-0.3, -0.25) is 0 Å². The monoisotopic (exact) mass is 447 g/mol. The highest BCUT2D eigenvalue weighted by atomic mass is 16.5. The number of hydrogen-bond acceptors (Lipinski definition) is 3. The van der Waals surface area contributed by atoms with E-state index < -0.39 is 6.09 Å². The molecule has 0 fully saturated rings. The molecule has 1 amide bonds. The Morgan fingerprint density at radius 1 is 0.853 bits per heavy atom. The SMILES string of the molecule is COc1ccc(C#CCCNC(=O)OCC2c3ccccc3-c3ccccc32)c2ccccc12. The molecule has 0 saturated carbocycles. The number of fused-ring (bicyclic) bond motifs is 4. The van der Waals surface area contributed by atoms with Crippen LogP contribution in [0.5, 0.6) is 5.75 Å². The number of ether oxygens (including phenoxy) is 2. The van der Waals surface area contributed by atoms with E-state index in [9.17, 15) is 4.79 Å². The quantitative estimate of drug-likeness (QED) is 0.296. The molecule has 0 bridgehead atoms. The fraction of sp³-hybridized carbons (Fsp3) is 0.167. The first-order valence-corrected chi connectivity index (χ1v) is 11.4. The maximum absolute atomic E-state index is 12.3. The average Bonchev–Trinajstić information content (AvgIpc) is 3.21.